The summed E-state index contributed by atoms with van der Waals surface area (Å²) < 4.78 is 1.88. The molecule has 1 aliphatic rings. The molecule has 0 saturated heterocycles. The zero-order chi connectivity index (χ0) is 23.0. The molecule has 4 rings (SSSR count). The summed E-state index contributed by atoms with van der Waals surface area (Å²) in [5.74, 6) is 0.535. The maximum atomic E-state index is 11.7. The Balaban J connectivity index is 1.90. The van der Waals surface area contributed by atoms with E-state index in [4.69, 9.17) is 0 Å². The van der Waals surface area contributed by atoms with Gasteiger partial charge >= 0.3 is 11.5 Å². The van der Waals surface area contributed by atoms with E-state index >= 15 is 0 Å². The van der Waals surface area contributed by atoms with E-state index in [1.807, 2.05) is 17.6 Å². The molecular weight excluding hydrogens is 420 g/mol. The van der Waals surface area contributed by atoms with E-state index in [0.29, 0.717) is 23.6 Å². The van der Waals surface area contributed by atoms with Crippen molar-refractivity contribution in [3.05, 3.63) is 102 Å². The first-order chi connectivity index (χ1) is 15.3. The van der Waals surface area contributed by atoms with Crippen molar-refractivity contribution in [1.82, 2.24) is 0 Å². The Bertz CT molecular complexity index is 1300. The Hall–Kier alpha value is -4.74. The highest BCUT2D eigenvalue weighted by Gasteiger charge is 2.36. The lowest BCUT2D eigenvalue weighted by molar-refractivity contribution is -0.676. The predicted molar refractivity (Wildman–Crippen MR) is 113 cm³/mol. The number of hydrogen-bond donors (Lipinski definition) is 0. The van der Waals surface area contributed by atoms with Crippen LogP contribution in [0.1, 0.15) is 11.3 Å². The van der Waals surface area contributed by atoms with Crippen molar-refractivity contribution < 1.29 is 19.3 Å². The first-order valence-electron chi connectivity index (χ1n) is 9.31. The van der Waals surface area contributed by atoms with Crippen molar-refractivity contribution in [2.45, 2.75) is 13.5 Å². The molecule has 160 valence electrons. The number of non-ortho nitro benzene ring substituents is 2. The number of hydrazone groups is 1. The number of pyridine rings is 1. The number of aryl methyl sites for hydroxylation is 1. The van der Waals surface area contributed by atoms with Gasteiger partial charge in [0.2, 0.25) is 5.69 Å². The summed E-state index contributed by atoms with van der Waals surface area (Å²) in [4.78, 5) is 31.9. The number of fused-ring (bicyclic) bond motifs is 1. The quantitative estimate of drug-likeness (QED) is 0.338. The van der Waals surface area contributed by atoms with Crippen LogP contribution in [0.5, 0.6) is 0 Å². The largest absolute Gasteiger partial charge is 0.324 e. The molecule has 1 aliphatic heterocycles. The Morgan fingerprint density at radius 3 is 2.16 bits per heavy atom. The molecular formula is C20H15N6O6+. The molecule has 0 unspecified atom stereocenters. The number of nitrogens with zero attached hydrogens (tertiary/aromatic N) is 6. The van der Waals surface area contributed by atoms with Gasteiger partial charge in [-0.3, -0.25) is 30.3 Å². The van der Waals surface area contributed by atoms with Crippen LogP contribution in [0, 0.1) is 37.3 Å². The lowest BCUT2D eigenvalue weighted by Crippen LogP contribution is -2.49. The van der Waals surface area contributed by atoms with Crippen LogP contribution in [0.25, 0.3) is 0 Å². The summed E-state index contributed by atoms with van der Waals surface area (Å²) in [7, 11) is 0. The van der Waals surface area contributed by atoms with E-state index in [1.165, 1.54) is 29.3 Å². The van der Waals surface area contributed by atoms with Gasteiger partial charge in [-0.25, -0.2) is 4.57 Å². The normalized spacial score (nSPS) is 12.7. The minimum atomic E-state index is -0.703. The van der Waals surface area contributed by atoms with Crippen LogP contribution in [0.15, 0.2) is 65.8 Å². The summed E-state index contributed by atoms with van der Waals surface area (Å²) in [6.45, 7) is 2.20. The highest BCUT2D eigenvalue weighted by atomic mass is 16.6. The second-order valence-electron chi connectivity index (χ2n) is 6.96. The Labute approximate surface area is 180 Å². The van der Waals surface area contributed by atoms with Crippen molar-refractivity contribution in [2.75, 3.05) is 5.01 Å². The molecule has 0 spiro atoms. The molecule has 0 N–H and O–H groups in total. The fourth-order valence-electron chi connectivity index (χ4n) is 3.43. The highest BCUT2D eigenvalue weighted by molar-refractivity contribution is 6.01. The fourth-order valence-corrected chi connectivity index (χ4v) is 3.43. The van der Waals surface area contributed by atoms with Crippen LogP contribution >= 0.6 is 0 Å². The minimum absolute atomic E-state index is 0.0547. The second kappa shape index (κ2) is 7.83. The summed E-state index contributed by atoms with van der Waals surface area (Å²) in [6.07, 6.45) is 0. The Morgan fingerprint density at radius 2 is 1.53 bits per heavy atom. The monoisotopic (exact) mass is 435 g/mol. The average molecular weight is 435 g/mol. The van der Waals surface area contributed by atoms with Crippen LogP contribution in [0.3, 0.4) is 0 Å². The standard InChI is InChI=1S/C20H15N6O6/c1-13-3-2-4-20-22(13)12-17(14-5-7-15(8-6-14)24(27)28)21-23(20)18-10-9-16(25(29)30)11-19(18)26(31)32/h2-11H,12H2,1H3/q+1. The summed E-state index contributed by atoms with van der Waals surface area (Å²) in [6, 6.07) is 14.6. The molecule has 2 heterocycles. The van der Waals surface area contributed by atoms with Gasteiger partial charge in [0.15, 0.2) is 0 Å². The second-order valence-corrected chi connectivity index (χ2v) is 6.96. The smallest absolute Gasteiger partial charge is 0.258 e. The van der Waals surface area contributed by atoms with E-state index < -0.39 is 26.1 Å². The molecule has 12 heteroatoms. The molecule has 1 aromatic heterocycles. The number of benzene rings is 2. The average Bonchev–Trinajstić information content (AvgIpc) is 2.78. The van der Waals surface area contributed by atoms with Crippen LogP contribution in [0.4, 0.5) is 28.6 Å². The number of nitro groups is 3. The summed E-state index contributed by atoms with van der Waals surface area (Å²) >= 11 is 0. The van der Waals surface area contributed by atoms with Gasteiger partial charge in [-0.2, -0.15) is 0 Å². The first-order valence-corrected chi connectivity index (χ1v) is 9.31. The van der Waals surface area contributed by atoms with Crippen molar-refractivity contribution in [3.8, 4) is 0 Å². The number of anilines is 2. The van der Waals surface area contributed by atoms with Gasteiger partial charge in [-0.15, -0.1) is 0 Å². The highest BCUT2D eigenvalue weighted by Crippen LogP contribution is 2.36. The van der Waals surface area contributed by atoms with Gasteiger partial charge in [-0.1, -0.05) is 16.2 Å². The molecule has 0 bridgehead atoms. The van der Waals surface area contributed by atoms with E-state index in [-0.39, 0.29) is 11.4 Å². The maximum absolute atomic E-state index is 11.7. The molecule has 0 fully saturated rings. The molecule has 32 heavy (non-hydrogen) atoms. The van der Waals surface area contributed by atoms with E-state index in [0.717, 1.165) is 11.8 Å². The number of nitro benzene ring substituents is 3. The molecule has 0 atom stereocenters. The lowest BCUT2D eigenvalue weighted by atomic mass is 10.1. The SMILES string of the molecule is Cc1cccc2[n+]1CC(c1ccc([N+](=O)[O-])cc1)=NN2c1ccc([N+](=O)[O-])cc1[N+](=O)[O-]. The zero-order valence-corrected chi connectivity index (χ0v) is 16.6. The van der Waals surface area contributed by atoms with Crippen LogP contribution < -0.4 is 9.58 Å². The lowest BCUT2D eigenvalue weighted by Gasteiger charge is -2.21. The number of aromatic nitrogens is 1. The van der Waals surface area contributed by atoms with Gasteiger partial charge in [0.1, 0.15) is 18.0 Å². The van der Waals surface area contributed by atoms with Crippen LogP contribution in [-0.2, 0) is 6.54 Å². The molecule has 0 aliphatic carbocycles. The number of hydrogen-bond acceptors (Lipinski definition) is 8. The summed E-state index contributed by atoms with van der Waals surface area (Å²) in [5.41, 5.74) is 1.07. The third-order valence-corrected chi connectivity index (χ3v) is 5.04. The maximum Gasteiger partial charge on any atom is 0.324 e. The fraction of sp³-hybridized carbons (Fsp3) is 0.100. The Morgan fingerprint density at radius 1 is 0.875 bits per heavy atom. The van der Waals surface area contributed by atoms with Gasteiger partial charge < -0.3 is 0 Å². The van der Waals surface area contributed by atoms with Crippen molar-refractivity contribution in [3.63, 3.8) is 0 Å². The van der Waals surface area contributed by atoms with Gasteiger partial charge in [-0.05, 0) is 25.1 Å². The van der Waals surface area contributed by atoms with Crippen molar-refractivity contribution in [1.29, 1.82) is 0 Å². The molecule has 2 aromatic carbocycles. The van der Waals surface area contributed by atoms with Gasteiger partial charge in [0.25, 0.3) is 11.4 Å². The molecule has 0 saturated carbocycles. The minimum Gasteiger partial charge on any atom is -0.258 e. The molecule has 0 amide bonds. The molecule has 12 nitrogen and oxygen atoms in total. The van der Waals surface area contributed by atoms with Crippen LogP contribution in [-0.4, -0.2) is 20.5 Å². The van der Waals surface area contributed by atoms with E-state index in [2.05, 4.69) is 5.10 Å². The van der Waals surface area contributed by atoms with Gasteiger partial charge in [0.05, 0.1) is 20.8 Å². The predicted octanol–water partition coefficient (Wildman–Crippen LogP) is 3.56. The topological polar surface area (TPSA) is 149 Å². The Kier molecular flexibility index (Phi) is 5.02. The van der Waals surface area contributed by atoms with Crippen molar-refractivity contribution >= 4 is 34.3 Å². The third-order valence-electron chi connectivity index (χ3n) is 5.04. The van der Waals surface area contributed by atoms with Crippen molar-refractivity contribution in [2.24, 2.45) is 5.10 Å². The summed E-state index contributed by atoms with van der Waals surface area (Å²) in [5, 5.41) is 39.7. The molecule has 0 radical (unpaired) electrons. The first kappa shape index (κ1) is 20.5. The zero-order valence-electron chi connectivity index (χ0n) is 16.6. The number of rotatable bonds is 5. The van der Waals surface area contributed by atoms with Gasteiger partial charge in [0, 0.05) is 35.9 Å². The van der Waals surface area contributed by atoms with Crippen LogP contribution in [0.2, 0.25) is 0 Å². The van der Waals surface area contributed by atoms with E-state index in [9.17, 15) is 30.3 Å². The molecule has 3 aromatic rings. The third kappa shape index (κ3) is 3.60. The van der Waals surface area contributed by atoms with E-state index in [1.54, 1.807) is 24.3 Å².